The molecule has 0 fully saturated rings. The number of aliphatic carboxylic acids is 1. The van der Waals surface area contributed by atoms with Crippen LogP contribution in [-0.4, -0.2) is 41.6 Å². The maximum atomic E-state index is 12.8. The highest BCUT2D eigenvalue weighted by Gasteiger charge is 2.19. The molecule has 0 aromatic carbocycles. The van der Waals surface area contributed by atoms with Crippen molar-refractivity contribution in [3.8, 4) is 0 Å². The third-order valence-electron chi connectivity index (χ3n) is 11.0. The highest BCUT2D eigenvalue weighted by atomic mass is 16.5. The van der Waals surface area contributed by atoms with Gasteiger partial charge in [0.05, 0.1) is 0 Å². The second kappa shape index (κ2) is 44.0. The summed E-state index contributed by atoms with van der Waals surface area (Å²) in [5.74, 6) is -1.23. The van der Waals surface area contributed by atoms with E-state index in [-0.39, 0.29) is 18.0 Å². The SMILES string of the molecule is CCCCC/C=C\C/C=C\CCCCCCCCCC(=O)OC(CCCCCCCCCCCCCCC)CCCCCCCC(=O)NC(CCCN)C(=O)O. The molecule has 4 N–H and O–H groups in total. The number of nitrogens with two attached hydrogens (primary N) is 1. The number of rotatable bonds is 44. The molecule has 1 amide bonds. The summed E-state index contributed by atoms with van der Waals surface area (Å²) in [6, 6.07) is -0.856. The number of allylic oxidation sites excluding steroid dienone is 4. The Hall–Kier alpha value is -2.15. The number of hydrogen-bond acceptors (Lipinski definition) is 5. The lowest BCUT2D eigenvalue weighted by molar-refractivity contribution is -0.150. The Morgan fingerprint density at radius 2 is 0.929 bits per heavy atom. The largest absolute Gasteiger partial charge is 0.480 e. The molecule has 0 aromatic rings. The average molecular weight is 789 g/mol. The van der Waals surface area contributed by atoms with Crippen LogP contribution in [0.15, 0.2) is 24.3 Å². The van der Waals surface area contributed by atoms with Crippen molar-refractivity contribution in [1.82, 2.24) is 5.32 Å². The number of esters is 1. The van der Waals surface area contributed by atoms with E-state index in [0.717, 1.165) is 70.6 Å². The van der Waals surface area contributed by atoms with Crippen LogP contribution >= 0.6 is 0 Å². The molecule has 0 aromatic heterocycles. The van der Waals surface area contributed by atoms with E-state index in [0.29, 0.717) is 32.2 Å². The molecule has 56 heavy (non-hydrogen) atoms. The van der Waals surface area contributed by atoms with Gasteiger partial charge < -0.3 is 20.9 Å². The molecule has 0 radical (unpaired) electrons. The van der Waals surface area contributed by atoms with E-state index in [2.05, 4.69) is 43.5 Å². The van der Waals surface area contributed by atoms with Gasteiger partial charge in [0.1, 0.15) is 12.1 Å². The second-order valence-corrected chi connectivity index (χ2v) is 16.5. The zero-order valence-electron chi connectivity index (χ0n) is 37.0. The van der Waals surface area contributed by atoms with Crippen molar-refractivity contribution in [2.24, 2.45) is 5.73 Å². The summed E-state index contributed by atoms with van der Waals surface area (Å²) in [6.07, 6.45) is 50.8. The summed E-state index contributed by atoms with van der Waals surface area (Å²) in [5.41, 5.74) is 5.49. The van der Waals surface area contributed by atoms with Crippen LogP contribution in [0.5, 0.6) is 0 Å². The summed E-state index contributed by atoms with van der Waals surface area (Å²) in [7, 11) is 0. The first kappa shape index (κ1) is 53.9. The Kier molecular flexibility index (Phi) is 42.3. The zero-order chi connectivity index (χ0) is 41.0. The smallest absolute Gasteiger partial charge is 0.326 e. The van der Waals surface area contributed by atoms with Crippen LogP contribution in [0.2, 0.25) is 0 Å². The maximum absolute atomic E-state index is 12.8. The van der Waals surface area contributed by atoms with Crippen molar-refractivity contribution < 1.29 is 24.2 Å². The summed E-state index contributed by atoms with van der Waals surface area (Å²) >= 11 is 0. The minimum atomic E-state index is -1.00. The zero-order valence-corrected chi connectivity index (χ0v) is 37.0. The molecule has 0 saturated heterocycles. The fraction of sp³-hybridized carbons (Fsp3) is 0.857. The molecule has 0 aliphatic rings. The molecule has 2 atom stereocenters. The number of carbonyl (C=O) groups excluding carboxylic acids is 2. The molecular formula is C49H92N2O5. The Morgan fingerprint density at radius 3 is 1.41 bits per heavy atom. The third-order valence-corrected chi connectivity index (χ3v) is 11.0. The quantitative estimate of drug-likeness (QED) is 0.0321. The minimum Gasteiger partial charge on any atom is -0.480 e. The Morgan fingerprint density at radius 1 is 0.518 bits per heavy atom. The highest BCUT2D eigenvalue weighted by molar-refractivity contribution is 5.83. The van der Waals surface area contributed by atoms with Gasteiger partial charge >= 0.3 is 11.9 Å². The number of nitrogens with one attached hydrogen (secondary N) is 1. The third kappa shape index (κ3) is 40.1. The van der Waals surface area contributed by atoms with Crippen molar-refractivity contribution in [2.45, 2.75) is 264 Å². The van der Waals surface area contributed by atoms with Crippen molar-refractivity contribution in [2.75, 3.05) is 6.54 Å². The number of carbonyl (C=O) groups is 3. The fourth-order valence-electron chi connectivity index (χ4n) is 7.36. The predicted octanol–water partition coefficient (Wildman–Crippen LogP) is 14.0. The van der Waals surface area contributed by atoms with Gasteiger partial charge in [0.2, 0.25) is 5.91 Å². The summed E-state index contributed by atoms with van der Waals surface area (Å²) in [5, 5.41) is 12.0. The van der Waals surface area contributed by atoms with Crippen LogP contribution in [0.3, 0.4) is 0 Å². The number of carboxylic acid groups (broad SMARTS) is 1. The van der Waals surface area contributed by atoms with Crippen LogP contribution in [0.25, 0.3) is 0 Å². The van der Waals surface area contributed by atoms with E-state index in [1.54, 1.807) is 0 Å². The average Bonchev–Trinajstić information content (AvgIpc) is 3.18. The topological polar surface area (TPSA) is 119 Å². The summed E-state index contributed by atoms with van der Waals surface area (Å²) in [4.78, 5) is 36.5. The fourth-order valence-corrected chi connectivity index (χ4v) is 7.36. The van der Waals surface area contributed by atoms with Gasteiger partial charge in [-0.25, -0.2) is 4.79 Å². The number of amides is 1. The molecule has 0 aliphatic heterocycles. The molecule has 0 aliphatic carbocycles. The lowest BCUT2D eigenvalue weighted by Crippen LogP contribution is -2.40. The first-order valence-electron chi connectivity index (χ1n) is 24.2. The number of unbranched alkanes of at least 4 members (excludes halogenated alkanes) is 26. The second-order valence-electron chi connectivity index (χ2n) is 16.5. The van der Waals surface area contributed by atoms with Gasteiger partial charge in [-0.2, -0.15) is 0 Å². The normalized spacial score (nSPS) is 12.8. The van der Waals surface area contributed by atoms with Gasteiger partial charge in [0.25, 0.3) is 0 Å². The molecule has 0 heterocycles. The molecule has 7 nitrogen and oxygen atoms in total. The molecule has 0 spiro atoms. The highest BCUT2D eigenvalue weighted by Crippen LogP contribution is 2.19. The lowest BCUT2D eigenvalue weighted by atomic mass is 10.0. The van der Waals surface area contributed by atoms with Crippen molar-refractivity contribution in [3.63, 3.8) is 0 Å². The van der Waals surface area contributed by atoms with Gasteiger partial charge in [-0.1, -0.05) is 179 Å². The van der Waals surface area contributed by atoms with Crippen LogP contribution < -0.4 is 11.1 Å². The monoisotopic (exact) mass is 789 g/mol. The van der Waals surface area contributed by atoms with Gasteiger partial charge in [-0.05, 0) is 90.0 Å². The number of hydrogen-bond donors (Lipinski definition) is 3. The van der Waals surface area contributed by atoms with E-state index in [1.807, 2.05) is 0 Å². The van der Waals surface area contributed by atoms with Gasteiger partial charge in [-0.3, -0.25) is 9.59 Å². The predicted molar refractivity (Wildman–Crippen MR) is 239 cm³/mol. The Labute approximate surface area is 346 Å². The van der Waals surface area contributed by atoms with Crippen LogP contribution in [-0.2, 0) is 19.1 Å². The molecule has 0 rings (SSSR count). The molecule has 2 unspecified atom stereocenters. The summed E-state index contributed by atoms with van der Waals surface area (Å²) < 4.78 is 6.07. The van der Waals surface area contributed by atoms with E-state index in [4.69, 9.17) is 10.5 Å². The van der Waals surface area contributed by atoms with E-state index in [1.165, 1.54) is 141 Å². The Bertz CT molecular complexity index is 935. The molecule has 0 bridgehead atoms. The number of carboxylic acids is 1. The lowest BCUT2D eigenvalue weighted by Gasteiger charge is -2.18. The summed E-state index contributed by atoms with van der Waals surface area (Å²) in [6.45, 7) is 4.94. The van der Waals surface area contributed by atoms with Crippen LogP contribution in [0, 0.1) is 0 Å². The first-order chi connectivity index (χ1) is 27.4. The van der Waals surface area contributed by atoms with E-state index >= 15 is 0 Å². The van der Waals surface area contributed by atoms with E-state index in [9.17, 15) is 19.5 Å². The molecule has 328 valence electrons. The molecular weight excluding hydrogens is 697 g/mol. The molecule has 7 heteroatoms. The number of ether oxygens (including phenoxy) is 1. The van der Waals surface area contributed by atoms with Crippen molar-refractivity contribution >= 4 is 17.8 Å². The van der Waals surface area contributed by atoms with E-state index < -0.39 is 12.0 Å². The standard InChI is InChI=1S/C49H92N2O5/c1-3-5-7-9-11-13-15-17-18-19-20-22-24-26-28-33-37-43-48(53)56-45(39-34-30-27-25-23-21-16-14-12-10-8-6-4-2)40-35-31-29-32-36-42-47(52)51-46(49(54)55)41-38-44-50/h11,13,17-18,45-46H,3-10,12,14-16,19-44,50H2,1-2H3,(H,51,52)(H,54,55)/b13-11-,18-17-. The van der Waals surface area contributed by atoms with Crippen molar-refractivity contribution in [1.29, 1.82) is 0 Å². The van der Waals surface area contributed by atoms with Gasteiger partial charge in [0.15, 0.2) is 0 Å². The van der Waals surface area contributed by atoms with Crippen LogP contribution in [0.4, 0.5) is 0 Å². The van der Waals surface area contributed by atoms with Crippen LogP contribution in [0.1, 0.15) is 251 Å². The minimum absolute atomic E-state index is 0.0123. The van der Waals surface area contributed by atoms with Crippen molar-refractivity contribution in [3.05, 3.63) is 24.3 Å². The first-order valence-corrected chi connectivity index (χ1v) is 24.2. The maximum Gasteiger partial charge on any atom is 0.326 e. The Balaban J connectivity index is 4.29. The molecule has 0 saturated carbocycles. The van der Waals surface area contributed by atoms with Gasteiger partial charge in [0, 0.05) is 12.8 Å². The van der Waals surface area contributed by atoms with Gasteiger partial charge in [-0.15, -0.1) is 0 Å².